The van der Waals surface area contributed by atoms with E-state index in [0.717, 1.165) is 18.3 Å². The van der Waals surface area contributed by atoms with E-state index < -0.39 is 5.97 Å². The molecule has 0 aromatic rings. The van der Waals surface area contributed by atoms with E-state index in [0.29, 0.717) is 45.3 Å². The SMILES string of the molecule is CC(C)[C@H]1[C@@H](C(=O)O)C[C@]2(C)[C@H]3CC[C@@H]4[C@@]5(C)CCCC(C)(C)[C@@H]5CC[C@@]4(C)[C@]3(C)CC[C@@H]12. The molecule has 5 rings (SSSR count). The Bertz CT molecular complexity index is 814. The van der Waals surface area contributed by atoms with E-state index in [9.17, 15) is 9.90 Å². The summed E-state index contributed by atoms with van der Waals surface area (Å²) >= 11 is 0. The third-order valence-corrected chi connectivity index (χ3v) is 13.9. The van der Waals surface area contributed by atoms with E-state index in [1.807, 2.05) is 0 Å². The molecule has 33 heavy (non-hydrogen) atoms. The molecule has 0 aromatic carbocycles. The normalized spacial score (nSPS) is 55.3. The fraction of sp³-hybridized carbons (Fsp3) is 0.968. The smallest absolute Gasteiger partial charge is 0.306 e. The van der Waals surface area contributed by atoms with Gasteiger partial charge in [-0.15, -0.1) is 0 Å². The van der Waals surface area contributed by atoms with Crippen LogP contribution in [0.4, 0.5) is 0 Å². The van der Waals surface area contributed by atoms with E-state index >= 15 is 0 Å². The average molecular weight is 457 g/mol. The molecule has 0 radical (unpaired) electrons. The van der Waals surface area contributed by atoms with Crippen molar-refractivity contribution in [2.24, 2.45) is 68.5 Å². The maximum atomic E-state index is 12.4. The second-order valence-electron chi connectivity index (χ2n) is 15.6. The first kappa shape index (κ1) is 24.2. The molecule has 0 amide bonds. The largest absolute Gasteiger partial charge is 0.481 e. The molecule has 1 N–H and O–H groups in total. The Morgan fingerprint density at radius 1 is 0.758 bits per heavy atom. The number of carbonyl (C=O) groups is 1. The van der Waals surface area contributed by atoms with Crippen LogP contribution in [-0.4, -0.2) is 11.1 Å². The number of hydrogen-bond acceptors (Lipinski definition) is 1. The predicted octanol–water partition coefficient (Wildman–Crippen LogP) is 8.44. The molecule has 0 saturated heterocycles. The first-order valence-corrected chi connectivity index (χ1v) is 14.5. The van der Waals surface area contributed by atoms with Gasteiger partial charge in [-0.05, 0) is 120 Å². The highest BCUT2D eigenvalue weighted by molar-refractivity contribution is 5.71. The number of carboxylic acid groups (broad SMARTS) is 1. The van der Waals surface area contributed by atoms with Crippen LogP contribution >= 0.6 is 0 Å². The summed E-state index contributed by atoms with van der Waals surface area (Å²) in [6.07, 6.45) is 13.3. The molecule has 0 spiro atoms. The molecular weight excluding hydrogens is 404 g/mol. The second kappa shape index (κ2) is 7.25. The van der Waals surface area contributed by atoms with Gasteiger partial charge in [0.1, 0.15) is 0 Å². The zero-order valence-corrected chi connectivity index (χ0v) is 23.0. The van der Waals surface area contributed by atoms with Crippen molar-refractivity contribution in [2.45, 2.75) is 120 Å². The van der Waals surface area contributed by atoms with Crippen LogP contribution in [0.1, 0.15) is 120 Å². The molecule has 5 fully saturated rings. The Morgan fingerprint density at radius 3 is 1.91 bits per heavy atom. The fourth-order valence-electron chi connectivity index (χ4n) is 12.6. The first-order chi connectivity index (χ1) is 15.2. The molecule has 10 atom stereocenters. The van der Waals surface area contributed by atoms with Crippen molar-refractivity contribution >= 4 is 5.97 Å². The van der Waals surface area contributed by atoms with Crippen molar-refractivity contribution in [3.63, 3.8) is 0 Å². The molecule has 5 saturated carbocycles. The Morgan fingerprint density at radius 2 is 1.33 bits per heavy atom. The topological polar surface area (TPSA) is 37.3 Å². The quantitative estimate of drug-likeness (QED) is 0.452. The van der Waals surface area contributed by atoms with Crippen LogP contribution in [0.15, 0.2) is 0 Å². The van der Waals surface area contributed by atoms with Gasteiger partial charge in [0.05, 0.1) is 5.92 Å². The number of carboxylic acids is 1. The first-order valence-electron chi connectivity index (χ1n) is 14.5. The van der Waals surface area contributed by atoms with Gasteiger partial charge in [0.25, 0.3) is 0 Å². The van der Waals surface area contributed by atoms with Crippen LogP contribution in [0, 0.1) is 68.5 Å². The summed E-state index contributed by atoms with van der Waals surface area (Å²) in [5.41, 5.74) is 1.92. The van der Waals surface area contributed by atoms with Crippen LogP contribution in [0.25, 0.3) is 0 Å². The van der Waals surface area contributed by atoms with Crippen molar-refractivity contribution in [1.29, 1.82) is 0 Å². The van der Waals surface area contributed by atoms with Crippen molar-refractivity contribution in [3.8, 4) is 0 Å². The number of hydrogen-bond donors (Lipinski definition) is 1. The highest BCUT2D eigenvalue weighted by Gasteiger charge is 2.71. The molecule has 5 aliphatic carbocycles. The minimum Gasteiger partial charge on any atom is -0.481 e. The van der Waals surface area contributed by atoms with Crippen LogP contribution in [0.2, 0.25) is 0 Å². The van der Waals surface area contributed by atoms with Gasteiger partial charge in [-0.1, -0.05) is 61.8 Å². The summed E-state index contributed by atoms with van der Waals surface area (Å²) in [4.78, 5) is 12.4. The summed E-state index contributed by atoms with van der Waals surface area (Å²) < 4.78 is 0. The Labute approximate surface area is 204 Å². The van der Waals surface area contributed by atoms with Crippen LogP contribution in [0.3, 0.4) is 0 Å². The van der Waals surface area contributed by atoms with Crippen molar-refractivity contribution < 1.29 is 9.90 Å². The van der Waals surface area contributed by atoms with Crippen molar-refractivity contribution in [3.05, 3.63) is 0 Å². The standard InChI is InChI=1S/C31H52O2/c1-19(2)25-20(26(32)33)18-29(6)21(25)12-16-30(7)24(29)11-10-23-28(5)15-9-14-27(3,4)22(28)13-17-31(23,30)8/h19-25H,9-18H2,1-8H3,(H,32,33)/t20-,21-,22-,23+,24+,25-,28-,29-,30+,31+/m0/s1. The van der Waals surface area contributed by atoms with Gasteiger partial charge in [-0.25, -0.2) is 0 Å². The van der Waals surface area contributed by atoms with E-state index in [2.05, 4.69) is 55.4 Å². The zero-order valence-electron chi connectivity index (χ0n) is 23.0. The van der Waals surface area contributed by atoms with E-state index in [4.69, 9.17) is 0 Å². The third-order valence-electron chi connectivity index (χ3n) is 13.9. The molecule has 0 aliphatic heterocycles. The summed E-state index contributed by atoms with van der Waals surface area (Å²) in [7, 11) is 0. The Balaban J connectivity index is 1.53. The second-order valence-corrected chi connectivity index (χ2v) is 15.6. The van der Waals surface area contributed by atoms with Gasteiger partial charge >= 0.3 is 5.97 Å². The molecule has 0 heterocycles. The minimum atomic E-state index is -0.525. The summed E-state index contributed by atoms with van der Waals surface area (Å²) in [5.74, 6) is 3.15. The number of fused-ring (bicyclic) bond motifs is 7. The van der Waals surface area contributed by atoms with E-state index in [1.54, 1.807) is 0 Å². The Hall–Kier alpha value is -0.530. The van der Waals surface area contributed by atoms with Gasteiger partial charge in [-0.3, -0.25) is 4.79 Å². The lowest BCUT2D eigenvalue weighted by Crippen LogP contribution is -2.65. The minimum absolute atomic E-state index is 0.139. The predicted molar refractivity (Wildman–Crippen MR) is 136 cm³/mol. The van der Waals surface area contributed by atoms with Crippen LogP contribution in [0.5, 0.6) is 0 Å². The lowest BCUT2D eigenvalue weighted by molar-refractivity contribution is -0.241. The average Bonchev–Trinajstić information content (AvgIpc) is 3.01. The van der Waals surface area contributed by atoms with Gasteiger partial charge in [0.15, 0.2) is 0 Å². The summed E-state index contributed by atoms with van der Waals surface area (Å²) in [6, 6.07) is 0. The lowest BCUT2D eigenvalue weighted by atomic mass is 9.32. The van der Waals surface area contributed by atoms with Crippen molar-refractivity contribution in [1.82, 2.24) is 0 Å². The van der Waals surface area contributed by atoms with Gasteiger partial charge in [0, 0.05) is 0 Å². The highest BCUT2D eigenvalue weighted by Crippen LogP contribution is 2.78. The van der Waals surface area contributed by atoms with Crippen LogP contribution < -0.4 is 0 Å². The summed E-state index contributed by atoms with van der Waals surface area (Å²) in [6.45, 7) is 20.3. The molecule has 0 aromatic heterocycles. The maximum absolute atomic E-state index is 12.4. The molecule has 0 unspecified atom stereocenters. The zero-order chi connectivity index (χ0) is 24.2. The molecule has 5 aliphatic rings. The lowest BCUT2D eigenvalue weighted by Gasteiger charge is -2.73. The molecule has 188 valence electrons. The third kappa shape index (κ3) is 2.94. The van der Waals surface area contributed by atoms with Gasteiger partial charge in [-0.2, -0.15) is 0 Å². The monoisotopic (exact) mass is 456 g/mol. The van der Waals surface area contributed by atoms with Crippen LogP contribution in [-0.2, 0) is 4.79 Å². The highest BCUT2D eigenvalue weighted by atomic mass is 16.4. The summed E-state index contributed by atoms with van der Waals surface area (Å²) in [5, 5.41) is 10.2. The Kier molecular flexibility index (Phi) is 5.31. The van der Waals surface area contributed by atoms with Crippen molar-refractivity contribution in [2.75, 3.05) is 0 Å². The molecule has 2 nitrogen and oxygen atoms in total. The van der Waals surface area contributed by atoms with E-state index in [-0.39, 0.29) is 11.3 Å². The van der Waals surface area contributed by atoms with Gasteiger partial charge < -0.3 is 5.11 Å². The number of aliphatic carboxylic acids is 1. The number of rotatable bonds is 2. The fourth-order valence-corrected chi connectivity index (χ4v) is 12.6. The molecule has 0 bridgehead atoms. The van der Waals surface area contributed by atoms with E-state index in [1.165, 1.54) is 57.8 Å². The molecular formula is C31H52O2. The molecule has 2 heteroatoms. The maximum Gasteiger partial charge on any atom is 0.306 e. The van der Waals surface area contributed by atoms with Gasteiger partial charge in [0.2, 0.25) is 0 Å².